The van der Waals surface area contributed by atoms with Crippen molar-refractivity contribution in [3.63, 3.8) is 0 Å². The zero-order chi connectivity index (χ0) is 18.7. The second-order valence-corrected chi connectivity index (χ2v) is 6.50. The highest BCUT2D eigenvalue weighted by molar-refractivity contribution is 7.17. The minimum atomic E-state index is -0.422. The van der Waals surface area contributed by atoms with Crippen LogP contribution in [0.25, 0.3) is 10.1 Å². The van der Waals surface area contributed by atoms with E-state index in [1.54, 1.807) is 19.1 Å². The summed E-state index contributed by atoms with van der Waals surface area (Å²) in [5.41, 5.74) is 8.62. The number of aromatic nitrogens is 1. The summed E-state index contributed by atoms with van der Waals surface area (Å²) in [5, 5.41) is 2.59. The summed E-state index contributed by atoms with van der Waals surface area (Å²) < 4.78 is 11.7. The second kappa shape index (κ2) is 7.53. The predicted molar refractivity (Wildman–Crippen MR) is 101 cm³/mol. The van der Waals surface area contributed by atoms with E-state index in [2.05, 4.69) is 4.98 Å². The zero-order valence-corrected chi connectivity index (χ0v) is 15.3. The molecule has 3 aromatic rings. The van der Waals surface area contributed by atoms with E-state index in [0.717, 1.165) is 22.1 Å². The van der Waals surface area contributed by atoms with Crippen LogP contribution in [0.5, 0.6) is 5.75 Å². The largest absolute Gasteiger partial charge is 0.489 e. The van der Waals surface area contributed by atoms with Crippen LogP contribution >= 0.6 is 11.3 Å². The van der Waals surface area contributed by atoms with Gasteiger partial charge in [0.25, 0.3) is 0 Å². The van der Waals surface area contributed by atoms with Gasteiger partial charge in [0.15, 0.2) is 0 Å². The molecule has 0 radical (unpaired) electrons. The van der Waals surface area contributed by atoms with Crippen LogP contribution in [0.15, 0.2) is 29.8 Å². The molecule has 0 saturated heterocycles. The number of pyridine rings is 1. The molecule has 7 heteroatoms. The average molecular weight is 370 g/mol. The number of esters is 1. The van der Waals surface area contributed by atoms with Crippen molar-refractivity contribution in [3.05, 3.63) is 52.0 Å². The third-order valence-electron chi connectivity index (χ3n) is 4.03. The van der Waals surface area contributed by atoms with Gasteiger partial charge in [-0.05, 0) is 25.3 Å². The van der Waals surface area contributed by atoms with Gasteiger partial charge in [-0.25, -0.2) is 9.78 Å². The van der Waals surface area contributed by atoms with Crippen LogP contribution in [0.2, 0.25) is 0 Å². The number of rotatable bonds is 6. The maximum atomic E-state index is 12.1. The van der Waals surface area contributed by atoms with E-state index >= 15 is 0 Å². The van der Waals surface area contributed by atoms with Crippen molar-refractivity contribution in [1.29, 1.82) is 0 Å². The number of fused-ring (bicyclic) bond motifs is 1. The van der Waals surface area contributed by atoms with Crippen LogP contribution in [0, 0.1) is 6.92 Å². The van der Waals surface area contributed by atoms with E-state index in [0.29, 0.717) is 34.7 Å². The van der Waals surface area contributed by atoms with Gasteiger partial charge in [-0.3, -0.25) is 4.79 Å². The Morgan fingerprint density at radius 3 is 2.92 bits per heavy atom. The van der Waals surface area contributed by atoms with Crippen LogP contribution in [-0.4, -0.2) is 23.8 Å². The molecular formula is C19H18N2O4S. The van der Waals surface area contributed by atoms with Gasteiger partial charge in [0, 0.05) is 28.3 Å². The molecule has 26 heavy (non-hydrogen) atoms. The maximum Gasteiger partial charge on any atom is 0.341 e. The Hall–Kier alpha value is -2.93. The average Bonchev–Trinajstić information content (AvgIpc) is 3.06. The first-order valence-electron chi connectivity index (χ1n) is 8.06. The van der Waals surface area contributed by atoms with Gasteiger partial charge in [0.1, 0.15) is 24.5 Å². The first kappa shape index (κ1) is 17.9. The molecule has 2 N–H and O–H groups in total. The maximum absolute atomic E-state index is 12.1. The molecular weight excluding hydrogens is 352 g/mol. The number of hydrogen-bond acceptors (Lipinski definition) is 7. The first-order chi connectivity index (χ1) is 12.6. The topological polar surface area (TPSA) is 91.5 Å². The fraction of sp³-hybridized carbons (Fsp3) is 0.211. The summed E-state index contributed by atoms with van der Waals surface area (Å²) in [4.78, 5) is 27.3. The number of thiophene rings is 1. The van der Waals surface area contributed by atoms with E-state index in [9.17, 15) is 9.59 Å². The Bertz CT molecular complexity index is 981. The van der Waals surface area contributed by atoms with Crippen LogP contribution in [0.3, 0.4) is 0 Å². The van der Waals surface area contributed by atoms with Crippen molar-refractivity contribution in [2.45, 2.75) is 20.5 Å². The Labute approximate surface area is 154 Å². The summed E-state index contributed by atoms with van der Waals surface area (Å²) in [6.45, 7) is 4.13. The molecule has 0 aliphatic heterocycles. The molecule has 6 nitrogen and oxygen atoms in total. The van der Waals surface area contributed by atoms with Gasteiger partial charge < -0.3 is 15.2 Å². The highest BCUT2D eigenvalue weighted by Gasteiger charge is 2.18. The number of aldehydes is 1. The van der Waals surface area contributed by atoms with Gasteiger partial charge in [-0.1, -0.05) is 12.1 Å². The lowest BCUT2D eigenvalue weighted by atomic mass is 10.1. The minimum absolute atomic E-state index is 0.251. The highest BCUT2D eigenvalue weighted by Crippen LogP contribution is 2.33. The normalized spacial score (nSPS) is 10.7. The van der Waals surface area contributed by atoms with Crippen molar-refractivity contribution in [2.75, 3.05) is 12.3 Å². The first-order valence-corrected chi connectivity index (χ1v) is 8.94. The molecule has 134 valence electrons. The van der Waals surface area contributed by atoms with E-state index in [4.69, 9.17) is 15.2 Å². The predicted octanol–water partition coefficient (Wildman–Crippen LogP) is 3.76. The standard InChI is InChI=1S/C19H18N2O4S/c1-3-24-19(23)14-7-21-18(20)16-13(10-26-17(14)16)9-25-15-6-4-5-12(8-22)11(15)2/h4-8,10H,3,9H2,1-2H3,(H2,20,21). The fourth-order valence-corrected chi connectivity index (χ4v) is 3.72. The lowest BCUT2D eigenvalue weighted by Crippen LogP contribution is -2.07. The summed E-state index contributed by atoms with van der Waals surface area (Å²) in [6, 6.07) is 5.32. The van der Waals surface area contributed by atoms with Gasteiger partial charge >= 0.3 is 5.97 Å². The number of benzene rings is 1. The lowest BCUT2D eigenvalue weighted by molar-refractivity contribution is 0.0528. The van der Waals surface area contributed by atoms with Gasteiger partial charge in [-0.2, -0.15) is 0 Å². The second-order valence-electron chi connectivity index (χ2n) is 5.62. The van der Waals surface area contributed by atoms with Crippen LogP contribution in [0.1, 0.15) is 38.8 Å². The molecule has 0 bridgehead atoms. The van der Waals surface area contributed by atoms with E-state index in [1.165, 1.54) is 17.5 Å². The number of ether oxygens (including phenoxy) is 2. The molecule has 0 unspecified atom stereocenters. The Morgan fingerprint density at radius 1 is 1.38 bits per heavy atom. The Balaban J connectivity index is 1.93. The van der Waals surface area contributed by atoms with Crippen LogP contribution in [0.4, 0.5) is 5.82 Å². The molecule has 0 fully saturated rings. The number of carbonyl (C=O) groups is 2. The number of carbonyl (C=O) groups excluding carboxylic acids is 2. The number of anilines is 1. The number of nitrogen functional groups attached to an aromatic ring is 1. The van der Waals surface area contributed by atoms with E-state index in [-0.39, 0.29) is 6.61 Å². The molecule has 1 aromatic carbocycles. The van der Waals surface area contributed by atoms with Crippen molar-refractivity contribution in [2.24, 2.45) is 0 Å². The zero-order valence-electron chi connectivity index (χ0n) is 14.4. The molecule has 0 saturated carbocycles. The molecule has 0 amide bonds. The van der Waals surface area contributed by atoms with Crippen LogP contribution in [-0.2, 0) is 11.3 Å². The fourth-order valence-electron chi connectivity index (χ4n) is 2.66. The summed E-state index contributed by atoms with van der Waals surface area (Å²) in [5.74, 6) is 0.544. The highest BCUT2D eigenvalue weighted by atomic mass is 32.1. The van der Waals surface area contributed by atoms with E-state index < -0.39 is 5.97 Å². The van der Waals surface area contributed by atoms with Gasteiger partial charge in [0.05, 0.1) is 16.9 Å². The quantitative estimate of drug-likeness (QED) is 0.525. The van der Waals surface area contributed by atoms with Crippen molar-refractivity contribution in [3.8, 4) is 5.75 Å². The van der Waals surface area contributed by atoms with Crippen LogP contribution < -0.4 is 10.5 Å². The number of nitrogens with zero attached hydrogens (tertiary/aromatic N) is 1. The van der Waals surface area contributed by atoms with Gasteiger partial charge in [0.2, 0.25) is 0 Å². The summed E-state index contributed by atoms with van der Waals surface area (Å²) in [7, 11) is 0. The number of hydrogen-bond donors (Lipinski definition) is 1. The van der Waals surface area contributed by atoms with Crippen molar-refractivity contribution >= 4 is 39.5 Å². The molecule has 3 rings (SSSR count). The smallest absolute Gasteiger partial charge is 0.341 e. The van der Waals surface area contributed by atoms with Crippen molar-refractivity contribution in [1.82, 2.24) is 4.98 Å². The third-order valence-corrected chi connectivity index (χ3v) is 5.09. The SMILES string of the molecule is CCOC(=O)c1cnc(N)c2c(COc3cccc(C=O)c3C)csc12. The summed E-state index contributed by atoms with van der Waals surface area (Å²) >= 11 is 1.40. The molecule has 0 spiro atoms. The number of nitrogens with two attached hydrogens (primary N) is 1. The van der Waals surface area contributed by atoms with Gasteiger partial charge in [-0.15, -0.1) is 11.3 Å². The van der Waals surface area contributed by atoms with E-state index in [1.807, 2.05) is 18.4 Å². The Morgan fingerprint density at radius 2 is 2.19 bits per heavy atom. The van der Waals surface area contributed by atoms with Crippen molar-refractivity contribution < 1.29 is 19.1 Å². The Kier molecular flexibility index (Phi) is 5.18. The monoisotopic (exact) mass is 370 g/mol. The molecule has 0 atom stereocenters. The molecule has 2 heterocycles. The summed E-state index contributed by atoms with van der Waals surface area (Å²) in [6.07, 6.45) is 2.24. The third kappa shape index (κ3) is 3.25. The molecule has 0 aliphatic carbocycles. The minimum Gasteiger partial charge on any atom is -0.489 e. The lowest BCUT2D eigenvalue weighted by Gasteiger charge is -2.10. The molecule has 0 aliphatic rings. The molecule has 2 aromatic heterocycles.